The molecular formula is C9H18N2O2. The molecule has 0 saturated heterocycles. The Labute approximate surface area is 79.0 Å². The van der Waals surface area contributed by atoms with Gasteiger partial charge in [0.15, 0.2) is 0 Å². The Morgan fingerprint density at radius 3 is 2.77 bits per heavy atom. The van der Waals surface area contributed by atoms with E-state index in [9.17, 15) is 4.79 Å². The third kappa shape index (κ3) is 2.59. The lowest BCUT2D eigenvalue weighted by molar-refractivity contribution is 0.0664. The Kier molecular flexibility index (Phi) is 3.54. The molecule has 0 spiro atoms. The molecule has 2 N–H and O–H groups in total. The van der Waals surface area contributed by atoms with Gasteiger partial charge in [-0.05, 0) is 26.2 Å². The van der Waals surface area contributed by atoms with Crippen molar-refractivity contribution in [1.82, 2.24) is 4.90 Å². The van der Waals surface area contributed by atoms with E-state index in [1.807, 2.05) is 6.92 Å². The fraction of sp³-hybridized carbons (Fsp3) is 0.889. The minimum absolute atomic E-state index is 0.0363. The van der Waals surface area contributed by atoms with Crippen LogP contribution in [0.3, 0.4) is 0 Å². The quantitative estimate of drug-likeness (QED) is 0.698. The van der Waals surface area contributed by atoms with Gasteiger partial charge in [0, 0.05) is 19.6 Å². The molecule has 2 atom stereocenters. The van der Waals surface area contributed by atoms with Crippen LogP contribution in [-0.2, 0) is 4.74 Å². The molecule has 13 heavy (non-hydrogen) atoms. The van der Waals surface area contributed by atoms with Crippen LogP contribution in [0.5, 0.6) is 0 Å². The van der Waals surface area contributed by atoms with Crippen molar-refractivity contribution in [1.29, 1.82) is 0 Å². The largest absolute Gasteiger partial charge is 0.444 e. The van der Waals surface area contributed by atoms with Crippen molar-refractivity contribution in [3.05, 3.63) is 0 Å². The summed E-state index contributed by atoms with van der Waals surface area (Å²) in [6, 6.07) is 0.0363. The van der Waals surface area contributed by atoms with Crippen molar-refractivity contribution in [2.45, 2.75) is 38.3 Å². The highest BCUT2D eigenvalue weighted by Gasteiger charge is 2.27. The fourth-order valence-electron chi connectivity index (χ4n) is 1.45. The van der Waals surface area contributed by atoms with Crippen molar-refractivity contribution in [2.24, 2.45) is 5.73 Å². The first-order chi connectivity index (χ1) is 6.15. The topological polar surface area (TPSA) is 55.6 Å². The average molecular weight is 186 g/mol. The minimum Gasteiger partial charge on any atom is -0.444 e. The van der Waals surface area contributed by atoms with Crippen LogP contribution >= 0.6 is 0 Å². The molecule has 76 valence electrons. The average Bonchev–Trinajstić information content (AvgIpc) is 2.50. The first kappa shape index (κ1) is 10.3. The zero-order valence-electron chi connectivity index (χ0n) is 8.32. The summed E-state index contributed by atoms with van der Waals surface area (Å²) >= 11 is 0. The molecule has 2 unspecified atom stereocenters. The first-order valence-corrected chi connectivity index (χ1v) is 4.82. The van der Waals surface area contributed by atoms with Crippen LogP contribution in [0.15, 0.2) is 0 Å². The SMILES string of the molecule is CCN(C)C(=O)OC1CCCC1N. The summed E-state index contributed by atoms with van der Waals surface area (Å²) in [4.78, 5) is 12.9. The maximum absolute atomic E-state index is 11.3. The monoisotopic (exact) mass is 186 g/mol. The highest BCUT2D eigenvalue weighted by Crippen LogP contribution is 2.20. The second kappa shape index (κ2) is 4.46. The third-order valence-electron chi connectivity index (χ3n) is 2.54. The standard InChI is InChI=1S/C9H18N2O2/c1-3-11(2)9(12)13-8-6-4-5-7(8)10/h7-8H,3-6,10H2,1-2H3. The van der Waals surface area contributed by atoms with E-state index in [-0.39, 0.29) is 18.2 Å². The molecule has 1 aliphatic rings. The smallest absolute Gasteiger partial charge is 0.409 e. The molecule has 4 heteroatoms. The zero-order valence-corrected chi connectivity index (χ0v) is 8.32. The van der Waals surface area contributed by atoms with Gasteiger partial charge in [0.05, 0.1) is 0 Å². The third-order valence-corrected chi connectivity index (χ3v) is 2.54. The maximum Gasteiger partial charge on any atom is 0.409 e. The summed E-state index contributed by atoms with van der Waals surface area (Å²) in [5.74, 6) is 0. The lowest BCUT2D eigenvalue weighted by Gasteiger charge is -2.20. The lowest BCUT2D eigenvalue weighted by Crippen LogP contribution is -2.37. The Balaban J connectivity index is 2.35. The van der Waals surface area contributed by atoms with Crippen LogP contribution in [0.25, 0.3) is 0 Å². The number of carbonyl (C=O) groups is 1. The van der Waals surface area contributed by atoms with E-state index in [0.29, 0.717) is 6.54 Å². The highest BCUT2D eigenvalue weighted by molar-refractivity contribution is 5.67. The lowest BCUT2D eigenvalue weighted by atomic mass is 10.2. The van der Waals surface area contributed by atoms with E-state index in [0.717, 1.165) is 19.3 Å². The predicted octanol–water partition coefficient (Wildman–Crippen LogP) is 0.954. The van der Waals surface area contributed by atoms with Crippen LogP contribution < -0.4 is 5.73 Å². The van der Waals surface area contributed by atoms with E-state index < -0.39 is 0 Å². The molecule has 0 aromatic carbocycles. The summed E-state index contributed by atoms with van der Waals surface area (Å²) < 4.78 is 5.24. The Bertz CT molecular complexity index is 184. The highest BCUT2D eigenvalue weighted by atomic mass is 16.6. The van der Waals surface area contributed by atoms with Crippen molar-refractivity contribution >= 4 is 6.09 Å². The molecule has 1 rings (SSSR count). The first-order valence-electron chi connectivity index (χ1n) is 4.82. The Hall–Kier alpha value is -0.770. The van der Waals surface area contributed by atoms with Crippen LogP contribution in [0.2, 0.25) is 0 Å². The predicted molar refractivity (Wildman–Crippen MR) is 50.4 cm³/mol. The molecule has 0 aliphatic heterocycles. The van der Waals surface area contributed by atoms with Crippen LogP contribution in [-0.4, -0.2) is 36.7 Å². The van der Waals surface area contributed by atoms with Crippen LogP contribution in [0, 0.1) is 0 Å². The fourth-order valence-corrected chi connectivity index (χ4v) is 1.45. The normalized spacial score (nSPS) is 27.3. The molecular weight excluding hydrogens is 168 g/mol. The number of amides is 1. The van der Waals surface area contributed by atoms with Gasteiger partial charge < -0.3 is 15.4 Å². The summed E-state index contributed by atoms with van der Waals surface area (Å²) in [7, 11) is 1.73. The van der Waals surface area contributed by atoms with Crippen molar-refractivity contribution in [3.8, 4) is 0 Å². The summed E-state index contributed by atoms with van der Waals surface area (Å²) in [5.41, 5.74) is 5.77. The number of hydrogen-bond donors (Lipinski definition) is 1. The van der Waals surface area contributed by atoms with Gasteiger partial charge in [0.2, 0.25) is 0 Å². The number of nitrogens with two attached hydrogens (primary N) is 1. The van der Waals surface area contributed by atoms with Gasteiger partial charge in [-0.1, -0.05) is 0 Å². The molecule has 1 fully saturated rings. The van der Waals surface area contributed by atoms with E-state index >= 15 is 0 Å². The van der Waals surface area contributed by atoms with Crippen molar-refractivity contribution in [2.75, 3.05) is 13.6 Å². The van der Waals surface area contributed by atoms with Gasteiger partial charge in [-0.15, -0.1) is 0 Å². The molecule has 1 aliphatic carbocycles. The van der Waals surface area contributed by atoms with E-state index in [1.165, 1.54) is 0 Å². The molecule has 0 aromatic rings. The van der Waals surface area contributed by atoms with Gasteiger partial charge in [-0.2, -0.15) is 0 Å². The van der Waals surface area contributed by atoms with Crippen LogP contribution in [0.4, 0.5) is 4.79 Å². The Morgan fingerprint density at radius 1 is 1.62 bits per heavy atom. The van der Waals surface area contributed by atoms with Crippen molar-refractivity contribution < 1.29 is 9.53 Å². The maximum atomic E-state index is 11.3. The van der Waals surface area contributed by atoms with Gasteiger partial charge in [-0.3, -0.25) is 0 Å². The second-order valence-corrected chi connectivity index (χ2v) is 3.53. The van der Waals surface area contributed by atoms with Gasteiger partial charge in [0.1, 0.15) is 6.10 Å². The van der Waals surface area contributed by atoms with Gasteiger partial charge >= 0.3 is 6.09 Å². The molecule has 0 aromatic heterocycles. The number of nitrogens with zero attached hydrogens (tertiary/aromatic N) is 1. The molecule has 0 heterocycles. The number of hydrogen-bond acceptors (Lipinski definition) is 3. The summed E-state index contributed by atoms with van der Waals surface area (Å²) in [6.45, 7) is 2.58. The molecule has 1 amide bonds. The van der Waals surface area contributed by atoms with E-state index in [2.05, 4.69) is 0 Å². The molecule has 0 radical (unpaired) electrons. The van der Waals surface area contributed by atoms with Gasteiger partial charge in [-0.25, -0.2) is 4.79 Å². The van der Waals surface area contributed by atoms with Gasteiger partial charge in [0.25, 0.3) is 0 Å². The summed E-state index contributed by atoms with van der Waals surface area (Å²) in [6.07, 6.45) is 2.61. The van der Waals surface area contributed by atoms with E-state index in [4.69, 9.17) is 10.5 Å². The molecule has 1 saturated carbocycles. The van der Waals surface area contributed by atoms with E-state index in [1.54, 1.807) is 11.9 Å². The Morgan fingerprint density at radius 2 is 2.31 bits per heavy atom. The number of carbonyl (C=O) groups excluding carboxylic acids is 1. The number of rotatable bonds is 2. The summed E-state index contributed by atoms with van der Waals surface area (Å²) in [5, 5.41) is 0. The zero-order chi connectivity index (χ0) is 9.84. The minimum atomic E-state index is -0.259. The molecule has 4 nitrogen and oxygen atoms in total. The molecule has 0 bridgehead atoms. The second-order valence-electron chi connectivity index (χ2n) is 3.53. The van der Waals surface area contributed by atoms with Crippen molar-refractivity contribution in [3.63, 3.8) is 0 Å². The number of ether oxygens (including phenoxy) is 1. The van der Waals surface area contributed by atoms with Crippen LogP contribution in [0.1, 0.15) is 26.2 Å².